The molecule has 2 aromatic carbocycles. The summed E-state index contributed by atoms with van der Waals surface area (Å²) in [6.07, 6.45) is -4.15. The number of halogens is 3. The number of nitrogens with two attached hydrogens (primary N) is 1. The first-order valence-electron chi connectivity index (χ1n) is 9.15. The number of ether oxygens (including phenoxy) is 2. The smallest absolute Gasteiger partial charge is 0.471 e. The number of benzene rings is 2. The molecule has 5 nitrogen and oxygen atoms in total. The minimum atomic E-state index is -4.90. The fourth-order valence-electron chi connectivity index (χ4n) is 2.92. The van der Waals surface area contributed by atoms with E-state index in [0.29, 0.717) is 25.3 Å². The predicted molar refractivity (Wildman–Crippen MR) is 105 cm³/mol. The van der Waals surface area contributed by atoms with E-state index in [2.05, 4.69) is 0 Å². The summed E-state index contributed by atoms with van der Waals surface area (Å²) in [4.78, 5) is 11.1. The summed E-state index contributed by atoms with van der Waals surface area (Å²) in [5.41, 5.74) is 9.20. The second kappa shape index (κ2) is 10.2. The molecule has 0 heterocycles. The lowest BCUT2D eigenvalue weighted by molar-refractivity contribution is -0.174. The SMILES string of the molecule is COc1ccc(COCCc2c(N)cccc2C[C@@H](C)NC(=O)C(F)(F)F)cc1. The Morgan fingerprint density at radius 3 is 2.48 bits per heavy atom. The van der Waals surface area contributed by atoms with Gasteiger partial charge in [-0.1, -0.05) is 24.3 Å². The van der Waals surface area contributed by atoms with E-state index < -0.39 is 18.1 Å². The van der Waals surface area contributed by atoms with E-state index in [1.807, 2.05) is 29.6 Å². The van der Waals surface area contributed by atoms with Gasteiger partial charge in [0.15, 0.2) is 0 Å². The largest absolute Gasteiger partial charge is 0.497 e. The second-order valence-electron chi connectivity index (χ2n) is 6.71. The third kappa shape index (κ3) is 6.98. The first kappa shape index (κ1) is 22.5. The van der Waals surface area contributed by atoms with Gasteiger partial charge in [-0.05, 0) is 54.7 Å². The summed E-state index contributed by atoms with van der Waals surface area (Å²) < 4.78 is 48.1. The van der Waals surface area contributed by atoms with E-state index >= 15 is 0 Å². The van der Waals surface area contributed by atoms with Gasteiger partial charge in [-0.2, -0.15) is 13.2 Å². The van der Waals surface area contributed by atoms with E-state index in [1.54, 1.807) is 25.3 Å². The van der Waals surface area contributed by atoms with Crippen molar-refractivity contribution in [3.8, 4) is 5.75 Å². The lowest BCUT2D eigenvalue weighted by Gasteiger charge is -2.18. The molecule has 0 fully saturated rings. The Morgan fingerprint density at radius 2 is 1.86 bits per heavy atom. The number of carbonyl (C=O) groups is 1. The molecule has 1 amide bonds. The van der Waals surface area contributed by atoms with Crippen molar-refractivity contribution in [3.63, 3.8) is 0 Å². The maximum atomic E-state index is 12.4. The highest BCUT2D eigenvalue weighted by Gasteiger charge is 2.39. The zero-order valence-electron chi connectivity index (χ0n) is 16.4. The van der Waals surface area contributed by atoms with Crippen LogP contribution in [0, 0.1) is 0 Å². The van der Waals surface area contributed by atoms with Gasteiger partial charge in [-0.3, -0.25) is 4.79 Å². The number of amides is 1. The van der Waals surface area contributed by atoms with Crippen LogP contribution < -0.4 is 15.8 Å². The molecule has 8 heteroatoms. The van der Waals surface area contributed by atoms with Crippen LogP contribution in [-0.2, 0) is 29.0 Å². The Bertz CT molecular complexity index is 808. The van der Waals surface area contributed by atoms with Gasteiger partial charge in [-0.15, -0.1) is 0 Å². The third-order valence-electron chi connectivity index (χ3n) is 4.39. The van der Waals surface area contributed by atoms with Crippen molar-refractivity contribution >= 4 is 11.6 Å². The number of nitrogen functional groups attached to an aromatic ring is 1. The Hall–Kier alpha value is -2.74. The quantitative estimate of drug-likeness (QED) is 0.489. The Kier molecular flexibility index (Phi) is 7.90. The molecular formula is C21H25F3N2O3. The van der Waals surface area contributed by atoms with Crippen LogP contribution in [0.1, 0.15) is 23.6 Å². The van der Waals surface area contributed by atoms with Crippen molar-refractivity contribution in [1.82, 2.24) is 5.32 Å². The van der Waals surface area contributed by atoms with Gasteiger partial charge >= 0.3 is 12.1 Å². The zero-order valence-corrected chi connectivity index (χ0v) is 16.4. The first-order valence-corrected chi connectivity index (χ1v) is 9.15. The number of alkyl halides is 3. The minimum absolute atomic E-state index is 0.237. The van der Waals surface area contributed by atoms with Gasteiger partial charge in [0.25, 0.3) is 0 Å². The molecule has 0 radical (unpaired) electrons. The van der Waals surface area contributed by atoms with Crippen LogP contribution >= 0.6 is 0 Å². The van der Waals surface area contributed by atoms with Crippen LogP contribution in [0.4, 0.5) is 18.9 Å². The summed E-state index contributed by atoms with van der Waals surface area (Å²) in [6.45, 7) is 2.34. The average molecular weight is 410 g/mol. The van der Waals surface area contributed by atoms with E-state index in [9.17, 15) is 18.0 Å². The van der Waals surface area contributed by atoms with E-state index in [1.165, 1.54) is 6.92 Å². The highest BCUT2D eigenvalue weighted by atomic mass is 19.4. The highest BCUT2D eigenvalue weighted by molar-refractivity contribution is 5.81. The van der Waals surface area contributed by atoms with Gasteiger partial charge in [-0.25, -0.2) is 0 Å². The van der Waals surface area contributed by atoms with Gasteiger partial charge in [0, 0.05) is 11.7 Å². The molecule has 0 saturated carbocycles. The first-order chi connectivity index (χ1) is 13.7. The van der Waals surface area contributed by atoms with Gasteiger partial charge < -0.3 is 20.5 Å². The van der Waals surface area contributed by atoms with Crippen LogP contribution in [0.25, 0.3) is 0 Å². The fraction of sp³-hybridized carbons (Fsp3) is 0.381. The number of hydrogen-bond donors (Lipinski definition) is 2. The lowest BCUT2D eigenvalue weighted by atomic mass is 9.97. The minimum Gasteiger partial charge on any atom is -0.497 e. The predicted octanol–water partition coefficient (Wildman–Crippen LogP) is 3.65. The number of methoxy groups -OCH3 is 1. The molecule has 0 saturated heterocycles. The van der Waals surface area contributed by atoms with E-state index in [-0.39, 0.29) is 6.42 Å². The molecule has 2 aromatic rings. The molecule has 2 rings (SSSR count). The summed E-state index contributed by atoms with van der Waals surface area (Å²) in [5.74, 6) is -1.18. The standard InChI is InChI=1S/C21H25F3N2O3/c1-14(26-20(27)21(22,23)24)12-16-4-3-5-19(25)18(16)10-11-29-13-15-6-8-17(28-2)9-7-15/h3-9,14H,10-13,25H2,1-2H3,(H,26,27)/t14-/m1/s1. The molecule has 0 aliphatic heterocycles. The van der Waals surface area contributed by atoms with Crippen molar-refractivity contribution in [2.75, 3.05) is 19.5 Å². The van der Waals surface area contributed by atoms with Crippen LogP contribution in [0.3, 0.4) is 0 Å². The Balaban J connectivity index is 1.92. The maximum absolute atomic E-state index is 12.4. The monoisotopic (exact) mass is 410 g/mol. The average Bonchev–Trinajstić information content (AvgIpc) is 2.66. The van der Waals surface area contributed by atoms with Gasteiger partial charge in [0.1, 0.15) is 5.75 Å². The van der Waals surface area contributed by atoms with Crippen LogP contribution in [0.15, 0.2) is 42.5 Å². The molecule has 0 aliphatic rings. The zero-order chi connectivity index (χ0) is 21.4. The third-order valence-corrected chi connectivity index (χ3v) is 4.39. The van der Waals surface area contributed by atoms with Crippen LogP contribution in [0.5, 0.6) is 5.75 Å². The number of nitrogens with one attached hydrogen (secondary N) is 1. The summed E-state index contributed by atoms with van der Waals surface area (Å²) in [6, 6.07) is 12.1. The number of hydrogen-bond acceptors (Lipinski definition) is 4. The molecule has 1 atom stereocenters. The lowest BCUT2D eigenvalue weighted by Crippen LogP contribution is -2.42. The molecule has 0 spiro atoms. The summed E-state index contributed by atoms with van der Waals surface area (Å²) in [7, 11) is 1.60. The van der Waals surface area contributed by atoms with E-state index in [4.69, 9.17) is 15.2 Å². The van der Waals surface area contributed by atoms with E-state index in [0.717, 1.165) is 22.4 Å². The molecule has 0 bridgehead atoms. The summed E-state index contributed by atoms with van der Waals surface area (Å²) in [5, 5.41) is 1.97. The topological polar surface area (TPSA) is 73.6 Å². The highest BCUT2D eigenvalue weighted by Crippen LogP contribution is 2.21. The molecule has 0 aliphatic carbocycles. The van der Waals surface area contributed by atoms with Crippen molar-refractivity contribution in [2.45, 2.75) is 38.6 Å². The number of anilines is 1. The summed E-state index contributed by atoms with van der Waals surface area (Å²) >= 11 is 0. The van der Waals surface area contributed by atoms with Crippen molar-refractivity contribution in [2.24, 2.45) is 0 Å². The fourth-order valence-corrected chi connectivity index (χ4v) is 2.92. The second-order valence-corrected chi connectivity index (χ2v) is 6.71. The van der Waals surface area contributed by atoms with Crippen molar-refractivity contribution in [1.29, 1.82) is 0 Å². The van der Waals surface area contributed by atoms with Crippen molar-refractivity contribution < 1.29 is 27.4 Å². The van der Waals surface area contributed by atoms with Crippen LogP contribution in [0.2, 0.25) is 0 Å². The maximum Gasteiger partial charge on any atom is 0.471 e. The molecule has 0 aromatic heterocycles. The molecule has 0 unspecified atom stereocenters. The van der Waals surface area contributed by atoms with Gasteiger partial charge in [0.05, 0.1) is 20.3 Å². The van der Waals surface area contributed by atoms with Gasteiger partial charge in [0.2, 0.25) is 0 Å². The molecule has 3 N–H and O–H groups in total. The normalized spacial score (nSPS) is 12.4. The van der Waals surface area contributed by atoms with Crippen LogP contribution in [-0.4, -0.2) is 31.8 Å². The number of carbonyl (C=O) groups excluding carboxylic acids is 1. The number of rotatable bonds is 9. The Labute approximate surface area is 168 Å². The molecular weight excluding hydrogens is 385 g/mol. The molecule has 158 valence electrons. The molecule has 29 heavy (non-hydrogen) atoms. The van der Waals surface area contributed by atoms with Crippen molar-refractivity contribution in [3.05, 3.63) is 59.2 Å². The Morgan fingerprint density at radius 1 is 1.17 bits per heavy atom.